The van der Waals surface area contributed by atoms with E-state index in [-0.39, 0.29) is 16.6 Å². The topological polar surface area (TPSA) is 129 Å². The molecule has 4 N–H and O–H groups in total. The molecule has 0 aliphatic carbocycles. The summed E-state index contributed by atoms with van der Waals surface area (Å²) in [6, 6.07) is 3.64. The Labute approximate surface area is 187 Å². The fourth-order valence-electron chi connectivity index (χ4n) is 4.26. The van der Waals surface area contributed by atoms with Crippen molar-refractivity contribution in [3.8, 4) is 22.6 Å². The number of piperazine rings is 1. The van der Waals surface area contributed by atoms with Gasteiger partial charge in [-0.15, -0.1) is 0 Å². The zero-order valence-electron chi connectivity index (χ0n) is 17.9. The van der Waals surface area contributed by atoms with Crippen molar-refractivity contribution >= 4 is 33.6 Å². The van der Waals surface area contributed by atoms with Gasteiger partial charge in [-0.3, -0.25) is 10.1 Å². The van der Waals surface area contributed by atoms with Crippen molar-refractivity contribution in [1.29, 1.82) is 0 Å². The second kappa shape index (κ2) is 7.48. The molecule has 6 heterocycles. The van der Waals surface area contributed by atoms with Gasteiger partial charge in [0.15, 0.2) is 17.1 Å². The summed E-state index contributed by atoms with van der Waals surface area (Å²) in [6.07, 6.45) is 6.24. The molecule has 1 aliphatic heterocycles. The van der Waals surface area contributed by atoms with Crippen molar-refractivity contribution in [3.05, 3.63) is 42.7 Å². The number of rotatable bonds is 3. The van der Waals surface area contributed by atoms with Crippen LogP contribution < -0.4 is 10.6 Å². The highest BCUT2D eigenvalue weighted by Crippen LogP contribution is 2.34. The summed E-state index contributed by atoms with van der Waals surface area (Å²) < 4.78 is 15.7. The molecule has 0 bridgehead atoms. The van der Waals surface area contributed by atoms with Gasteiger partial charge in [0.25, 0.3) is 0 Å². The number of hydrogen-bond donors (Lipinski definition) is 3. The standard InChI is InChI=1S/C22H21FN10/c1-32-4-6-33(7-5-32)15-2-3-26-21-18(15)28-22(29-21)19-16-17(23)14(11-27-20(16)31-30-19)12-8-13(24)10-25-9-12/h2-3,8-11H,4-7,24H2,1H3,(H,26,28,29)(H,27,30,31). The zero-order valence-corrected chi connectivity index (χ0v) is 17.9. The van der Waals surface area contributed by atoms with Gasteiger partial charge in [-0.1, -0.05) is 0 Å². The molecule has 0 amide bonds. The Kier molecular flexibility index (Phi) is 4.44. The van der Waals surface area contributed by atoms with Gasteiger partial charge in [-0.2, -0.15) is 5.10 Å². The fourth-order valence-corrected chi connectivity index (χ4v) is 4.26. The van der Waals surface area contributed by atoms with Crippen LogP contribution in [0, 0.1) is 5.82 Å². The summed E-state index contributed by atoms with van der Waals surface area (Å²) in [7, 11) is 2.12. The van der Waals surface area contributed by atoms with Gasteiger partial charge in [-0.25, -0.2) is 19.3 Å². The molecule has 1 aliphatic rings. The third kappa shape index (κ3) is 3.24. The SMILES string of the molecule is CN1CCN(c2ccnc3nc(-c4[nH]nc5ncc(-c6cncc(N)c6)c(F)c45)[nH]c23)CC1. The van der Waals surface area contributed by atoms with Gasteiger partial charge >= 0.3 is 0 Å². The molecule has 0 saturated carbocycles. The highest BCUT2D eigenvalue weighted by Gasteiger charge is 2.23. The van der Waals surface area contributed by atoms with Crippen LogP contribution in [0.2, 0.25) is 0 Å². The maximum Gasteiger partial charge on any atom is 0.184 e. The number of imidazole rings is 1. The number of aromatic nitrogens is 7. The second-order valence-electron chi connectivity index (χ2n) is 8.19. The van der Waals surface area contributed by atoms with Crippen LogP contribution in [0.15, 0.2) is 36.9 Å². The molecule has 0 spiro atoms. The summed E-state index contributed by atoms with van der Waals surface area (Å²) in [6.45, 7) is 3.78. The maximum absolute atomic E-state index is 15.7. The van der Waals surface area contributed by atoms with E-state index >= 15 is 4.39 Å². The van der Waals surface area contributed by atoms with Crippen molar-refractivity contribution in [3.63, 3.8) is 0 Å². The van der Waals surface area contributed by atoms with Crippen LogP contribution >= 0.6 is 0 Å². The molecule has 33 heavy (non-hydrogen) atoms. The maximum atomic E-state index is 15.7. The number of anilines is 2. The van der Waals surface area contributed by atoms with Gasteiger partial charge in [0.1, 0.15) is 17.0 Å². The lowest BCUT2D eigenvalue weighted by Gasteiger charge is -2.34. The molecule has 5 aromatic heterocycles. The quantitative estimate of drug-likeness (QED) is 0.387. The minimum Gasteiger partial charge on any atom is -0.397 e. The van der Waals surface area contributed by atoms with Crippen LogP contribution in [0.1, 0.15) is 0 Å². The summed E-state index contributed by atoms with van der Waals surface area (Å²) in [5, 5.41) is 7.32. The van der Waals surface area contributed by atoms with Crippen LogP contribution in [0.4, 0.5) is 15.8 Å². The van der Waals surface area contributed by atoms with Gasteiger partial charge in [0, 0.05) is 62.1 Å². The number of H-pyrrole nitrogens is 2. The Balaban J connectivity index is 1.48. The lowest BCUT2D eigenvalue weighted by atomic mass is 10.1. The fraction of sp³-hybridized carbons (Fsp3) is 0.227. The summed E-state index contributed by atoms with van der Waals surface area (Å²) in [4.78, 5) is 25.4. The summed E-state index contributed by atoms with van der Waals surface area (Å²) >= 11 is 0. The number of nitrogens with zero attached hydrogens (tertiary/aromatic N) is 7. The van der Waals surface area contributed by atoms with Crippen molar-refractivity contribution in [2.24, 2.45) is 0 Å². The van der Waals surface area contributed by atoms with E-state index in [0.29, 0.717) is 28.4 Å². The predicted molar refractivity (Wildman–Crippen MR) is 124 cm³/mol. The van der Waals surface area contributed by atoms with Crippen LogP contribution in [0.5, 0.6) is 0 Å². The Morgan fingerprint density at radius 3 is 2.73 bits per heavy atom. The van der Waals surface area contributed by atoms with Crippen molar-refractivity contribution < 1.29 is 4.39 Å². The highest BCUT2D eigenvalue weighted by atomic mass is 19.1. The first-order chi connectivity index (χ1) is 16.1. The first-order valence-electron chi connectivity index (χ1n) is 10.6. The number of halogens is 1. The van der Waals surface area contributed by atoms with E-state index < -0.39 is 5.82 Å². The highest BCUT2D eigenvalue weighted by molar-refractivity contribution is 5.95. The molecule has 6 rings (SSSR count). The van der Waals surface area contributed by atoms with E-state index in [2.05, 4.69) is 52.0 Å². The Morgan fingerprint density at radius 1 is 1.06 bits per heavy atom. The Morgan fingerprint density at radius 2 is 1.91 bits per heavy atom. The molecule has 1 saturated heterocycles. The molecule has 1 fully saturated rings. The summed E-state index contributed by atoms with van der Waals surface area (Å²) in [5.74, 6) is -0.0195. The summed E-state index contributed by atoms with van der Waals surface area (Å²) in [5.41, 5.74) is 10.2. The third-order valence-corrected chi connectivity index (χ3v) is 6.04. The largest absolute Gasteiger partial charge is 0.397 e. The van der Waals surface area contributed by atoms with Crippen LogP contribution in [-0.4, -0.2) is 73.2 Å². The molecular weight excluding hydrogens is 423 g/mol. The van der Waals surface area contributed by atoms with E-state index in [1.807, 2.05) is 6.07 Å². The van der Waals surface area contributed by atoms with Crippen LogP contribution in [-0.2, 0) is 0 Å². The number of nitrogens with one attached hydrogen (secondary N) is 2. The van der Waals surface area contributed by atoms with Gasteiger partial charge in [-0.05, 0) is 19.2 Å². The van der Waals surface area contributed by atoms with Gasteiger partial charge in [0.05, 0.1) is 16.8 Å². The number of fused-ring (bicyclic) bond motifs is 2. The Hall–Kier alpha value is -4.12. The van der Waals surface area contributed by atoms with Crippen molar-refractivity contribution in [1.82, 2.24) is 40.0 Å². The number of pyridine rings is 3. The zero-order chi connectivity index (χ0) is 22.5. The Bertz CT molecular complexity index is 1480. The van der Waals surface area contributed by atoms with E-state index in [1.54, 1.807) is 18.5 Å². The molecule has 0 aromatic carbocycles. The van der Waals surface area contributed by atoms with E-state index in [1.165, 1.54) is 12.4 Å². The van der Waals surface area contributed by atoms with E-state index in [4.69, 9.17) is 5.73 Å². The van der Waals surface area contributed by atoms with Crippen LogP contribution in [0.3, 0.4) is 0 Å². The first kappa shape index (κ1) is 19.6. The number of hydrogen-bond acceptors (Lipinski definition) is 8. The van der Waals surface area contributed by atoms with Gasteiger partial charge < -0.3 is 20.5 Å². The molecule has 11 heteroatoms. The average Bonchev–Trinajstić information content (AvgIpc) is 3.44. The van der Waals surface area contributed by atoms with E-state index in [0.717, 1.165) is 37.4 Å². The minimum atomic E-state index is -0.469. The second-order valence-corrected chi connectivity index (χ2v) is 8.19. The molecule has 0 atom stereocenters. The smallest absolute Gasteiger partial charge is 0.184 e. The lowest BCUT2D eigenvalue weighted by molar-refractivity contribution is 0.313. The monoisotopic (exact) mass is 444 g/mol. The third-order valence-electron chi connectivity index (χ3n) is 6.04. The number of aromatic amines is 2. The van der Waals surface area contributed by atoms with Crippen LogP contribution in [0.25, 0.3) is 44.8 Å². The number of nitrogens with two attached hydrogens (primary N) is 1. The van der Waals surface area contributed by atoms with E-state index in [9.17, 15) is 0 Å². The molecule has 10 nitrogen and oxygen atoms in total. The predicted octanol–water partition coefficient (Wildman–Crippen LogP) is 2.43. The number of likely N-dealkylation sites (N-methyl/N-ethyl adjacent to an activating group) is 1. The normalized spacial score (nSPS) is 15.0. The first-order valence-corrected chi connectivity index (χ1v) is 10.6. The molecule has 5 aromatic rings. The van der Waals surface area contributed by atoms with Gasteiger partial charge in [0.2, 0.25) is 0 Å². The lowest BCUT2D eigenvalue weighted by Crippen LogP contribution is -2.44. The molecule has 0 unspecified atom stereocenters. The van der Waals surface area contributed by atoms with Crippen molar-refractivity contribution in [2.75, 3.05) is 43.9 Å². The van der Waals surface area contributed by atoms with Crippen molar-refractivity contribution in [2.45, 2.75) is 0 Å². The molecule has 166 valence electrons. The number of nitrogen functional groups attached to an aromatic ring is 1. The molecular formula is C22H21FN10. The molecule has 0 radical (unpaired) electrons. The average molecular weight is 444 g/mol. The minimum absolute atomic E-state index is 0.245.